The zero-order valence-corrected chi connectivity index (χ0v) is 20.1. The fourth-order valence-corrected chi connectivity index (χ4v) is 4.81. The van der Waals surface area contributed by atoms with Crippen LogP contribution >= 0.6 is 0 Å². The monoisotopic (exact) mass is 475 g/mol. The standard InChI is InChI=1S/C27H26FN3O4/c1-5-20-25(15-6-8-18(28)9-7-15)27-29-21-10-16(11-22(32)19(21)14-31(27)30-20)17-12-23(33-2)26(35-4)24(13-17)34-3/h6-9,12-14,16H,5,10-11H2,1-4H3. The first-order valence-electron chi connectivity index (χ1n) is 11.5. The number of halogens is 1. The molecule has 7 nitrogen and oxygen atoms in total. The highest BCUT2D eigenvalue weighted by Gasteiger charge is 2.30. The summed E-state index contributed by atoms with van der Waals surface area (Å²) in [6.45, 7) is 2.01. The summed E-state index contributed by atoms with van der Waals surface area (Å²) in [4.78, 5) is 18.1. The van der Waals surface area contributed by atoms with Crippen molar-refractivity contribution in [3.63, 3.8) is 0 Å². The normalized spacial score (nSPS) is 15.2. The van der Waals surface area contributed by atoms with Gasteiger partial charge in [0.1, 0.15) is 5.82 Å². The van der Waals surface area contributed by atoms with Crippen molar-refractivity contribution in [2.24, 2.45) is 0 Å². The van der Waals surface area contributed by atoms with E-state index in [2.05, 4.69) is 5.10 Å². The second-order valence-electron chi connectivity index (χ2n) is 8.54. The van der Waals surface area contributed by atoms with Crippen LogP contribution in [0.3, 0.4) is 0 Å². The predicted octanol–water partition coefficient (Wildman–Crippen LogP) is 5.04. The van der Waals surface area contributed by atoms with Gasteiger partial charge >= 0.3 is 0 Å². The van der Waals surface area contributed by atoms with Crippen molar-refractivity contribution >= 4 is 11.4 Å². The third-order valence-electron chi connectivity index (χ3n) is 6.56. The smallest absolute Gasteiger partial charge is 0.203 e. The summed E-state index contributed by atoms with van der Waals surface area (Å²) in [6.07, 6.45) is 3.37. The molecule has 1 aliphatic rings. The summed E-state index contributed by atoms with van der Waals surface area (Å²) in [5, 5.41) is 4.68. The number of benzene rings is 2. The number of carbonyl (C=O) groups is 1. The fraction of sp³-hybridized carbons (Fsp3) is 0.296. The fourth-order valence-electron chi connectivity index (χ4n) is 4.81. The summed E-state index contributed by atoms with van der Waals surface area (Å²) in [6, 6.07) is 10.1. The zero-order valence-electron chi connectivity index (χ0n) is 20.1. The molecule has 180 valence electrons. The van der Waals surface area contributed by atoms with Crippen LogP contribution < -0.4 is 14.2 Å². The van der Waals surface area contributed by atoms with Crippen molar-refractivity contribution < 1.29 is 23.4 Å². The molecular formula is C27H26FN3O4. The van der Waals surface area contributed by atoms with Crippen molar-refractivity contribution in [1.82, 2.24) is 14.6 Å². The van der Waals surface area contributed by atoms with E-state index in [9.17, 15) is 9.18 Å². The number of carbonyl (C=O) groups excluding carboxylic acids is 1. The van der Waals surface area contributed by atoms with Crippen LogP contribution in [-0.2, 0) is 12.8 Å². The third-order valence-corrected chi connectivity index (χ3v) is 6.56. The Kier molecular flexibility index (Phi) is 5.88. The molecule has 0 amide bonds. The topological polar surface area (TPSA) is 75.0 Å². The molecule has 0 fully saturated rings. The highest BCUT2D eigenvalue weighted by molar-refractivity contribution is 5.99. The average molecular weight is 476 g/mol. The molecule has 0 saturated carbocycles. The summed E-state index contributed by atoms with van der Waals surface area (Å²) in [5.41, 5.74) is 5.43. The number of hydrogen-bond donors (Lipinski definition) is 0. The van der Waals surface area contributed by atoms with Crippen LogP contribution in [0.25, 0.3) is 16.8 Å². The molecule has 2 heterocycles. The van der Waals surface area contributed by atoms with Gasteiger partial charge < -0.3 is 14.2 Å². The molecule has 5 rings (SSSR count). The second-order valence-corrected chi connectivity index (χ2v) is 8.54. The van der Waals surface area contributed by atoms with Crippen LogP contribution in [0.1, 0.15) is 46.6 Å². The molecule has 4 aromatic rings. The van der Waals surface area contributed by atoms with Gasteiger partial charge in [0.05, 0.1) is 38.3 Å². The first-order valence-corrected chi connectivity index (χ1v) is 11.5. The number of aryl methyl sites for hydroxylation is 1. The van der Waals surface area contributed by atoms with Gasteiger partial charge in [-0.05, 0) is 54.2 Å². The first-order chi connectivity index (χ1) is 17.0. The van der Waals surface area contributed by atoms with Crippen molar-refractivity contribution in [3.8, 4) is 28.4 Å². The molecule has 1 aliphatic carbocycles. The molecule has 0 bridgehead atoms. The minimum absolute atomic E-state index is 0.0104. The van der Waals surface area contributed by atoms with E-state index < -0.39 is 0 Å². The molecule has 8 heteroatoms. The number of fused-ring (bicyclic) bond motifs is 2. The van der Waals surface area contributed by atoms with Gasteiger partial charge in [0.15, 0.2) is 22.9 Å². The first kappa shape index (κ1) is 22.8. The highest BCUT2D eigenvalue weighted by Crippen LogP contribution is 2.43. The van der Waals surface area contributed by atoms with Gasteiger partial charge in [-0.3, -0.25) is 4.79 Å². The lowest BCUT2D eigenvalue weighted by molar-refractivity contribution is 0.0962. The maximum atomic E-state index is 13.6. The van der Waals surface area contributed by atoms with Gasteiger partial charge in [0, 0.05) is 18.2 Å². The van der Waals surface area contributed by atoms with E-state index in [0.29, 0.717) is 47.7 Å². The molecular weight excluding hydrogens is 449 g/mol. The van der Waals surface area contributed by atoms with Gasteiger partial charge in [-0.1, -0.05) is 19.1 Å². The highest BCUT2D eigenvalue weighted by atomic mass is 19.1. The molecule has 2 aromatic carbocycles. The largest absolute Gasteiger partial charge is 0.493 e. The molecule has 0 saturated heterocycles. The van der Waals surface area contributed by atoms with Crippen molar-refractivity contribution in [2.45, 2.75) is 32.1 Å². The van der Waals surface area contributed by atoms with Crippen molar-refractivity contribution in [3.05, 3.63) is 70.9 Å². The van der Waals surface area contributed by atoms with Crippen molar-refractivity contribution in [1.29, 1.82) is 0 Å². The van der Waals surface area contributed by atoms with E-state index in [-0.39, 0.29) is 17.5 Å². The quantitative estimate of drug-likeness (QED) is 0.389. The van der Waals surface area contributed by atoms with Gasteiger partial charge in [-0.15, -0.1) is 0 Å². The van der Waals surface area contributed by atoms with Crippen LogP contribution in [0.4, 0.5) is 4.39 Å². The summed E-state index contributed by atoms with van der Waals surface area (Å²) < 4.78 is 31.7. The SMILES string of the molecule is CCc1nn2cc3c(nc2c1-c1ccc(F)cc1)CC(c1cc(OC)c(OC)c(OC)c1)CC3=O. The Morgan fingerprint density at radius 1 is 1.03 bits per heavy atom. The summed E-state index contributed by atoms with van der Waals surface area (Å²) >= 11 is 0. The Labute approximate surface area is 202 Å². The summed E-state index contributed by atoms with van der Waals surface area (Å²) in [7, 11) is 4.70. The Balaban J connectivity index is 1.61. The number of aromatic nitrogens is 3. The van der Waals surface area contributed by atoms with Crippen LogP contribution in [-0.4, -0.2) is 41.7 Å². The maximum absolute atomic E-state index is 13.6. The number of methoxy groups -OCH3 is 3. The van der Waals surface area contributed by atoms with E-state index in [4.69, 9.17) is 19.2 Å². The average Bonchev–Trinajstić information content (AvgIpc) is 3.24. The maximum Gasteiger partial charge on any atom is 0.203 e. The summed E-state index contributed by atoms with van der Waals surface area (Å²) in [5.74, 6) is 1.22. The lowest BCUT2D eigenvalue weighted by atomic mass is 9.82. The zero-order chi connectivity index (χ0) is 24.7. The Hall–Kier alpha value is -3.94. The molecule has 1 atom stereocenters. The predicted molar refractivity (Wildman–Crippen MR) is 129 cm³/mol. The Morgan fingerprint density at radius 3 is 2.31 bits per heavy atom. The second kappa shape index (κ2) is 9.02. The number of nitrogens with zero attached hydrogens (tertiary/aromatic N) is 3. The van der Waals surface area contributed by atoms with Crippen LogP contribution in [0.5, 0.6) is 17.2 Å². The molecule has 1 unspecified atom stereocenters. The van der Waals surface area contributed by atoms with Crippen LogP contribution in [0.15, 0.2) is 42.6 Å². The Morgan fingerprint density at radius 2 is 1.71 bits per heavy atom. The van der Waals surface area contributed by atoms with Gasteiger partial charge in [0.2, 0.25) is 5.75 Å². The van der Waals surface area contributed by atoms with E-state index in [0.717, 1.165) is 28.1 Å². The van der Waals surface area contributed by atoms with E-state index in [1.807, 2.05) is 19.1 Å². The molecule has 0 aliphatic heterocycles. The minimum atomic E-state index is -0.299. The molecule has 2 aromatic heterocycles. The Bertz CT molecular complexity index is 1400. The van der Waals surface area contributed by atoms with E-state index in [1.165, 1.54) is 12.1 Å². The van der Waals surface area contributed by atoms with Gasteiger partial charge in [-0.25, -0.2) is 13.9 Å². The number of hydrogen-bond acceptors (Lipinski definition) is 6. The number of ketones is 1. The number of rotatable bonds is 6. The molecule has 0 radical (unpaired) electrons. The molecule has 35 heavy (non-hydrogen) atoms. The van der Waals surface area contributed by atoms with E-state index in [1.54, 1.807) is 44.2 Å². The van der Waals surface area contributed by atoms with Crippen LogP contribution in [0.2, 0.25) is 0 Å². The number of Topliss-reactive ketones (excluding diaryl/α,β-unsaturated/α-hetero) is 1. The van der Waals surface area contributed by atoms with E-state index >= 15 is 0 Å². The lowest BCUT2D eigenvalue weighted by Crippen LogP contribution is -2.21. The number of ether oxygens (including phenoxy) is 3. The minimum Gasteiger partial charge on any atom is -0.493 e. The van der Waals surface area contributed by atoms with Crippen molar-refractivity contribution in [2.75, 3.05) is 21.3 Å². The molecule has 0 N–H and O–H groups in total. The third kappa shape index (κ3) is 3.88. The van der Waals surface area contributed by atoms with Gasteiger partial charge in [-0.2, -0.15) is 5.10 Å². The lowest BCUT2D eigenvalue weighted by Gasteiger charge is -2.24. The molecule has 0 spiro atoms. The van der Waals surface area contributed by atoms with Crippen LogP contribution in [0, 0.1) is 5.82 Å². The van der Waals surface area contributed by atoms with Gasteiger partial charge in [0.25, 0.3) is 0 Å².